The van der Waals surface area contributed by atoms with Gasteiger partial charge in [-0.2, -0.15) is 0 Å². The van der Waals surface area contributed by atoms with E-state index >= 15 is 0 Å². The Bertz CT molecular complexity index is 792. The maximum absolute atomic E-state index is 12.5. The van der Waals surface area contributed by atoms with Crippen LogP contribution in [-0.2, 0) is 16.1 Å². The SMILES string of the molecule is CC1N(C)C(=O)c2c(ncn2CC(=O)NC=C=CN2C=COCC2)N1C. The minimum Gasteiger partial charge on any atom is -0.498 e. The summed E-state index contributed by atoms with van der Waals surface area (Å²) in [6.45, 7) is 3.27. The van der Waals surface area contributed by atoms with Crippen molar-refractivity contribution in [2.45, 2.75) is 19.6 Å². The van der Waals surface area contributed by atoms with E-state index in [0.29, 0.717) is 18.1 Å². The number of fused-ring (bicyclic) bond motifs is 1. The largest absolute Gasteiger partial charge is 0.498 e. The van der Waals surface area contributed by atoms with Gasteiger partial charge in [-0.1, -0.05) is 5.73 Å². The van der Waals surface area contributed by atoms with Crippen molar-refractivity contribution in [3.05, 3.63) is 42.6 Å². The summed E-state index contributed by atoms with van der Waals surface area (Å²) in [4.78, 5) is 34.4. The number of imidazole rings is 1. The molecular weight excluding hydrogens is 336 g/mol. The lowest BCUT2D eigenvalue weighted by Crippen LogP contribution is -2.51. The molecule has 3 heterocycles. The van der Waals surface area contributed by atoms with E-state index in [1.165, 1.54) is 12.5 Å². The number of carbonyl (C=O) groups is 2. The first-order chi connectivity index (χ1) is 12.5. The second kappa shape index (κ2) is 7.37. The fraction of sp³-hybridized carbons (Fsp3) is 0.412. The van der Waals surface area contributed by atoms with E-state index in [2.05, 4.69) is 16.0 Å². The Balaban J connectivity index is 1.65. The summed E-state index contributed by atoms with van der Waals surface area (Å²) in [5, 5.41) is 2.64. The Kier molecular flexibility index (Phi) is 4.99. The van der Waals surface area contributed by atoms with E-state index in [-0.39, 0.29) is 24.5 Å². The third-order valence-corrected chi connectivity index (χ3v) is 4.48. The molecule has 0 bridgehead atoms. The number of amides is 2. The van der Waals surface area contributed by atoms with Crippen molar-refractivity contribution >= 4 is 17.6 Å². The van der Waals surface area contributed by atoms with Crippen molar-refractivity contribution in [1.29, 1.82) is 0 Å². The minimum atomic E-state index is -0.264. The molecule has 0 radical (unpaired) electrons. The van der Waals surface area contributed by atoms with E-state index in [1.807, 2.05) is 23.8 Å². The van der Waals surface area contributed by atoms with Crippen LogP contribution in [0.15, 0.2) is 36.9 Å². The summed E-state index contributed by atoms with van der Waals surface area (Å²) in [6, 6.07) is 0. The Labute approximate surface area is 151 Å². The Hall–Kier alpha value is -3.19. The van der Waals surface area contributed by atoms with Crippen LogP contribution in [0.2, 0.25) is 0 Å². The molecule has 1 unspecified atom stereocenters. The van der Waals surface area contributed by atoms with Gasteiger partial charge in [-0.05, 0) is 6.92 Å². The lowest BCUT2D eigenvalue weighted by Gasteiger charge is -2.37. The van der Waals surface area contributed by atoms with Crippen molar-refractivity contribution in [3.8, 4) is 0 Å². The summed E-state index contributed by atoms with van der Waals surface area (Å²) < 4.78 is 6.65. The average molecular weight is 358 g/mol. The standard InChI is InChI=1S/C17H22N6O3/c1-13-20(2)16-15(17(25)21(13)3)23(12-19-16)11-14(24)18-5-4-6-22-7-9-26-10-8-22/h5-7,9,12-13H,8,10-11H2,1-3H3,(H,18,24). The van der Waals surface area contributed by atoms with Gasteiger partial charge in [0, 0.05) is 32.7 Å². The number of ether oxygens (including phenoxy) is 1. The molecule has 9 nitrogen and oxygen atoms in total. The second-order valence-corrected chi connectivity index (χ2v) is 6.10. The third kappa shape index (κ3) is 3.43. The van der Waals surface area contributed by atoms with E-state index in [9.17, 15) is 9.59 Å². The zero-order valence-electron chi connectivity index (χ0n) is 15.0. The molecule has 3 rings (SSSR count). The van der Waals surface area contributed by atoms with Gasteiger partial charge in [0.15, 0.2) is 11.5 Å². The highest BCUT2D eigenvalue weighted by Crippen LogP contribution is 2.27. The van der Waals surface area contributed by atoms with Crippen molar-refractivity contribution in [3.63, 3.8) is 0 Å². The van der Waals surface area contributed by atoms with Gasteiger partial charge in [-0.25, -0.2) is 4.98 Å². The molecule has 9 heteroatoms. The molecule has 26 heavy (non-hydrogen) atoms. The minimum absolute atomic E-state index is 0.000227. The van der Waals surface area contributed by atoms with Gasteiger partial charge in [0.05, 0.1) is 19.1 Å². The van der Waals surface area contributed by atoms with Crippen LogP contribution < -0.4 is 10.2 Å². The van der Waals surface area contributed by atoms with Crippen LogP contribution in [0.4, 0.5) is 5.82 Å². The Morgan fingerprint density at radius 3 is 3.00 bits per heavy atom. The molecule has 0 spiro atoms. The van der Waals surface area contributed by atoms with E-state index in [4.69, 9.17) is 4.74 Å². The van der Waals surface area contributed by atoms with Crippen molar-refractivity contribution in [1.82, 2.24) is 24.7 Å². The van der Waals surface area contributed by atoms with Gasteiger partial charge < -0.3 is 29.3 Å². The maximum Gasteiger partial charge on any atom is 0.275 e. The predicted octanol–water partition coefficient (Wildman–Crippen LogP) is 0.297. The van der Waals surface area contributed by atoms with Crippen molar-refractivity contribution < 1.29 is 14.3 Å². The highest BCUT2D eigenvalue weighted by atomic mass is 16.5. The first kappa shape index (κ1) is 17.6. The first-order valence-electron chi connectivity index (χ1n) is 8.28. The van der Waals surface area contributed by atoms with Gasteiger partial charge in [0.1, 0.15) is 19.3 Å². The molecule has 1 N–H and O–H groups in total. The zero-order valence-corrected chi connectivity index (χ0v) is 15.0. The number of carbonyl (C=O) groups excluding carboxylic acids is 2. The van der Waals surface area contributed by atoms with Crippen LogP contribution in [-0.4, -0.2) is 64.6 Å². The molecule has 1 atom stereocenters. The summed E-state index contributed by atoms with van der Waals surface area (Å²) in [7, 11) is 3.61. The molecule has 1 aromatic rings. The monoisotopic (exact) mass is 358 g/mol. The van der Waals surface area contributed by atoms with Gasteiger partial charge in [0.25, 0.3) is 5.91 Å². The van der Waals surface area contributed by atoms with Crippen LogP contribution in [0.25, 0.3) is 0 Å². The fourth-order valence-corrected chi connectivity index (χ4v) is 2.73. The molecule has 0 aromatic carbocycles. The molecule has 2 aliphatic rings. The van der Waals surface area contributed by atoms with Crippen LogP contribution in [0, 0.1) is 0 Å². The zero-order chi connectivity index (χ0) is 18.7. The molecule has 2 aliphatic heterocycles. The average Bonchev–Trinajstić information content (AvgIpc) is 3.06. The quantitative estimate of drug-likeness (QED) is 0.780. The maximum atomic E-state index is 12.5. The van der Waals surface area contributed by atoms with Crippen LogP contribution in [0.3, 0.4) is 0 Å². The summed E-state index contributed by atoms with van der Waals surface area (Å²) in [6.07, 6.45) is 7.97. The molecule has 138 valence electrons. The molecule has 0 aliphatic carbocycles. The van der Waals surface area contributed by atoms with Crippen molar-refractivity contribution in [2.75, 3.05) is 32.1 Å². The molecule has 0 saturated carbocycles. The number of aromatic nitrogens is 2. The summed E-state index contributed by atoms with van der Waals surface area (Å²) in [5.41, 5.74) is 3.30. The third-order valence-electron chi connectivity index (χ3n) is 4.48. The van der Waals surface area contributed by atoms with E-state index < -0.39 is 0 Å². The van der Waals surface area contributed by atoms with Crippen LogP contribution in [0.5, 0.6) is 0 Å². The molecular formula is C17H22N6O3. The van der Waals surface area contributed by atoms with Crippen LogP contribution >= 0.6 is 0 Å². The Morgan fingerprint density at radius 2 is 2.27 bits per heavy atom. The smallest absolute Gasteiger partial charge is 0.275 e. The lowest BCUT2D eigenvalue weighted by atomic mass is 10.2. The summed E-state index contributed by atoms with van der Waals surface area (Å²) >= 11 is 0. The van der Waals surface area contributed by atoms with Crippen molar-refractivity contribution in [2.24, 2.45) is 0 Å². The normalized spacial score (nSPS) is 18.8. The molecule has 2 amide bonds. The number of hydrogen-bond acceptors (Lipinski definition) is 6. The number of rotatable bonds is 4. The fourth-order valence-electron chi connectivity index (χ4n) is 2.73. The molecule has 0 saturated heterocycles. The number of nitrogens with one attached hydrogen (secondary N) is 1. The topological polar surface area (TPSA) is 82.9 Å². The van der Waals surface area contributed by atoms with E-state index in [0.717, 1.165) is 6.54 Å². The first-order valence-corrected chi connectivity index (χ1v) is 8.28. The summed E-state index contributed by atoms with van der Waals surface area (Å²) in [5.74, 6) is 0.175. The van der Waals surface area contributed by atoms with Gasteiger partial charge in [0.2, 0.25) is 5.91 Å². The number of anilines is 1. The van der Waals surface area contributed by atoms with Crippen LogP contribution in [0.1, 0.15) is 17.4 Å². The van der Waals surface area contributed by atoms with E-state index in [1.54, 1.807) is 35.2 Å². The van der Waals surface area contributed by atoms with Gasteiger partial charge >= 0.3 is 0 Å². The molecule has 0 fully saturated rings. The molecule has 1 aromatic heterocycles. The van der Waals surface area contributed by atoms with Gasteiger partial charge in [-0.15, -0.1) is 0 Å². The predicted molar refractivity (Wildman–Crippen MR) is 94.8 cm³/mol. The highest BCUT2D eigenvalue weighted by Gasteiger charge is 2.35. The Morgan fingerprint density at radius 1 is 1.46 bits per heavy atom. The van der Waals surface area contributed by atoms with Gasteiger partial charge in [-0.3, -0.25) is 9.59 Å². The number of nitrogens with zero attached hydrogens (tertiary/aromatic N) is 5. The second-order valence-electron chi connectivity index (χ2n) is 6.10. The highest BCUT2D eigenvalue weighted by molar-refractivity contribution is 5.99. The lowest BCUT2D eigenvalue weighted by molar-refractivity contribution is -0.120. The number of hydrogen-bond donors (Lipinski definition) is 1.